The zero-order valence-electron chi connectivity index (χ0n) is 8.94. The molecule has 0 atom stereocenters. The summed E-state index contributed by atoms with van der Waals surface area (Å²) in [5.41, 5.74) is 0.366. The summed E-state index contributed by atoms with van der Waals surface area (Å²) in [6.45, 7) is 2.11. The molecule has 2 nitrogen and oxygen atoms in total. The van der Waals surface area contributed by atoms with Gasteiger partial charge < -0.3 is 5.11 Å². The SMILES string of the molecule is CCCC/C=C/C(=O)c1ccccc1O. The number of rotatable bonds is 5. The number of allylic oxidation sites excluding steroid dienone is 2. The number of carbonyl (C=O) groups excluding carboxylic acids is 1. The fourth-order valence-corrected chi connectivity index (χ4v) is 1.28. The van der Waals surface area contributed by atoms with Gasteiger partial charge in [-0.3, -0.25) is 4.79 Å². The number of ketones is 1. The molecule has 0 spiro atoms. The number of hydrogen-bond acceptors (Lipinski definition) is 2. The molecule has 0 saturated heterocycles. The highest BCUT2D eigenvalue weighted by Gasteiger charge is 2.05. The Morgan fingerprint density at radius 1 is 1.40 bits per heavy atom. The number of benzene rings is 1. The Labute approximate surface area is 90.3 Å². The van der Waals surface area contributed by atoms with Crippen LogP contribution in [-0.4, -0.2) is 10.9 Å². The lowest BCUT2D eigenvalue weighted by atomic mass is 10.1. The van der Waals surface area contributed by atoms with Crippen molar-refractivity contribution in [3.8, 4) is 5.75 Å². The van der Waals surface area contributed by atoms with E-state index in [1.165, 1.54) is 12.1 Å². The molecule has 1 N–H and O–H groups in total. The van der Waals surface area contributed by atoms with Gasteiger partial charge in [-0.25, -0.2) is 0 Å². The van der Waals surface area contributed by atoms with Gasteiger partial charge in [-0.1, -0.05) is 38.0 Å². The molecule has 0 aliphatic carbocycles. The average Bonchev–Trinajstić information content (AvgIpc) is 2.25. The van der Waals surface area contributed by atoms with Gasteiger partial charge in [0.25, 0.3) is 0 Å². The van der Waals surface area contributed by atoms with E-state index in [1.54, 1.807) is 18.2 Å². The van der Waals surface area contributed by atoms with Gasteiger partial charge in [0.1, 0.15) is 5.75 Å². The molecule has 15 heavy (non-hydrogen) atoms. The van der Waals surface area contributed by atoms with E-state index in [9.17, 15) is 9.90 Å². The van der Waals surface area contributed by atoms with Crippen LogP contribution in [0.4, 0.5) is 0 Å². The molecule has 0 amide bonds. The van der Waals surface area contributed by atoms with Crippen LogP contribution in [0.2, 0.25) is 0 Å². The predicted octanol–water partition coefficient (Wildman–Crippen LogP) is 3.32. The summed E-state index contributed by atoms with van der Waals surface area (Å²) in [5.74, 6) is -0.0909. The molecule has 1 rings (SSSR count). The van der Waals surface area contributed by atoms with Crippen LogP contribution in [0.1, 0.15) is 36.5 Å². The van der Waals surface area contributed by atoms with Gasteiger partial charge >= 0.3 is 0 Å². The molecule has 1 aromatic carbocycles. The molecule has 0 aromatic heterocycles. The maximum Gasteiger partial charge on any atom is 0.189 e. The highest BCUT2D eigenvalue weighted by Crippen LogP contribution is 2.16. The first kappa shape index (κ1) is 11.5. The second kappa shape index (κ2) is 6.02. The summed E-state index contributed by atoms with van der Waals surface area (Å²) in [7, 11) is 0. The molecule has 80 valence electrons. The summed E-state index contributed by atoms with van der Waals surface area (Å²) in [5, 5.41) is 9.43. The van der Waals surface area contributed by atoms with Crippen LogP contribution in [0.15, 0.2) is 36.4 Å². The van der Waals surface area contributed by atoms with E-state index in [0.717, 1.165) is 19.3 Å². The molecule has 0 bridgehead atoms. The molecule has 0 radical (unpaired) electrons. The molecule has 2 heteroatoms. The van der Waals surface area contributed by atoms with Gasteiger partial charge in [-0.2, -0.15) is 0 Å². The van der Waals surface area contributed by atoms with Gasteiger partial charge in [0, 0.05) is 0 Å². The highest BCUT2D eigenvalue weighted by molar-refractivity contribution is 6.06. The average molecular weight is 204 g/mol. The van der Waals surface area contributed by atoms with Crippen molar-refractivity contribution in [3.63, 3.8) is 0 Å². The van der Waals surface area contributed by atoms with Crippen LogP contribution in [0.5, 0.6) is 5.75 Å². The lowest BCUT2D eigenvalue weighted by molar-refractivity contribution is 0.104. The molecule has 0 aliphatic rings. The van der Waals surface area contributed by atoms with Gasteiger partial charge in [0.15, 0.2) is 5.78 Å². The van der Waals surface area contributed by atoms with Crippen LogP contribution in [0.3, 0.4) is 0 Å². The maximum absolute atomic E-state index is 11.6. The smallest absolute Gasteiger partial charge is 0.189 e. The molecule has 1 aromatic rings. The van der Waals surface area contributed by atoms with Crippen molar-refractivity contribution in [1.82, 2.24) is 0 Å². The van der Waals surface area contributed by atoms with Crippen LogP contribution in [0.25, 0.3) is 0 Å². The second-order valence-corrected chi connectivity index (χ2v) is 3.43. The number of para-hydroxylation sites is 1. The number of carbonyl (C=O) groups is 1. The van der Waals surface area contributed by atoms with Crippen molar-refractivity contribution in [2.24, 2.45) is 0 Å². The summed E-state index contributed by atoms with van der Waals surface area (Å²) >= 11 is 0. The first-order chi connectivity index (χ1) is 7.25. The quantitative estimate of drug-likeness (QED) is 0.454. The molecule has 0 aliphatic heterocycles. The van der Waals surface area contributed by atoms with Crippen molar-refractivity contribution in [1.29, 1.82) is 0 Å². The third kappa shape index (κ3) is 3.58. The largest absolute Gasteiger partial charge is 0.507 e. The van der Waals surface area contributed by atoms with Crippen molar-refractivity contribution >= 4 is 5.78 Å². The fourth-order valence-electron chi connectivity index (χ4n) is 1.28. The number of hydrogen-bond donors (Lipinski definition) is 1. The van der Waals surface area contributed by atoms with Crippen molar-refractivity contribution in [3.05, 3.63) is 42.0 Å². The molecule has 0 fully saturated rings. The third-order valence-corrected chi connectivity index (χ3v) is 2.16. The van der Waals surface area contributed by atoms with Gasteiger partial charge in [-0.15, -0.1) is 0 Å². The number of aromatic hydroxyl groups is 1. The van der Waals surface area contributed by atoms with E-state index in [2.05, 4.69) is 6.92 Å². The van der Waals surface area contributed by atoms with E-state index in [0.29, 0.717) is 5.56 Å². The van der Waals surface area contributed by atoms with Crippen LogP contribution >= 0.6 is 0 Å². The van der Waals surface area contributed by atoms with Gasteiger partial charge in [-0.05, 0) is 24.6 Å². The van der Waals surface area contributed by atoms with Crippen LogP contribution < -0.4 is 0 Å². The third-order valence-electron chi connectivity index (χ3n) is 2.16. The Hall–Kier alpha value is -1.57. The van der Waals surface area contributed by atoms with Crippen LogP contribution in [-0.2, 0) is 0 Å². The zero-order valence-corrected chi connectivity index (χ0v) is 8.94. The monoisotopic (exact) mass is 204 g/mol. The maximum atomic E-state index is 11.6. The highest BCUT2D eigenvalue weighted by atomic mass is 16.3. The number of unbranched alkanes of at least 4 members (excludes halogenated alkanes) is 2. The lowest BCUT2D eigenvalue weighted by Gasteiger charge is -1.98. The topological polar surface area (TPSA) is 37.3 Å². The molecule has 0 unspecified atom stereocenters. The lowest BCUT2D eigenvalue weighted by Crippen LogP contribution is -1.94. The Morgan fingerprint density at radius 2 is 2.13 bits per heavy atom. The standard InChI is InChI=1S/C13H16O2/c1-2-3-4-5-9-12(14)11-8-6-7-10-13(11)15/h5-10,15H,2-4H2,1H3/b9-5+. The second-order valence-electron chi connectivity index (χ2n) is 3.43. The van der Waals surface area contributed by atoms with Crippen molar-refractivity contribution in [2.45, 2.75) is 26.2 Å². The molecule has 0 saturated carbocycles. The molecule has 0 heterocycles. The Morgan fingerprint density at radius 3 is 2.80 bits per heavy atom. The summed E-state index contributed by atoms with van der Waals surface area (Å²) in [4.78, 5) is 11.6. The van der Waals surface area contributed by atoms with Gasteiger partial charge in [0.05, 0.1) is 5.56 Å². The van der Waals surface area contributed by atoms with E-state index in [4.69, 9.17) is 0 Å². The first-order valence-corrected chi connectivity index (χ1v) is 5.24. The Balaban J connectivity index is 2.61. The van der Waals surface area contributed by atoms with Gasteiger partial charge in [0.2, 0.25) is 0 Å². The summed E-state index contributed by atoms with van der Waals surface area (Å²) in [6, 6.07) is 6.59. The summed E-state index contributed by atoms with van der Waals surface area (Å²) < 4.78 is 0. The Kier molecular flexibility index (Phi) is 4.61. The fraction of sp³-hybridized carbons (Fsp3) is 0.308. The molecular weight excluding hydrogens is 188 g/mol. The zero-order chi connectivity index (χ0) is 11.1. The minimum atomic E-state index is -0.135. The number of phenolic OH excluding ortho intramolecular Hbond substituents is 1. The van der Waals surface area contributed by atoms with Crippen LogP contribution in [0, 0.1) is 0 Å². The van der Waals surface area contributed by atoms with Crippen molar-refractivity contribution in [2.75, 3.05) is 0 Å². The molecular formula is C13H16O2. The Bertz CT molecular complexity index is 353. The van der Waals surface area contributed by atoms with Crippen molar-refractivity contribution < 1.29 is 9.90 Å². The minimum Gasteiger partial charge on any atom is -0.507 e. The predicted molar refractivity (Wildman–Crippen MR) is 61.1 cm³/mol. The minimum absolute atomic E-state index is 0.0441. The van der Waals surface area contributed by atoms with E-state index in [1.807, 2.05) is 6.08 Å². The normalized spacial score (nSPS) is 10.7. The van der Waals surface area contributed by atoms with E-state index >= 15 is 0 Å². The summed E-state index contributed by atoms with van der Waals surface area (Å²) in [6.07, 6.45) is 6.51. The number of phenols is 1. The van der Waals surface area contributed by atoms with E-state index in [-0.39, 0.29) is 11.5 Å². The first-order valence-electron chi connectivity index (χ1n) is 5.24. The van der Waals surface area contributed by atoms with E-state index < -0.39 is 0 Å².